The molecular weight excluding hydrogens is 366 g/mol. The number of nitrogens with zero attached hydrogens (tertiary/aromatic N) is 5. The third-order valence-corrected chi connectivity index (χ3v) is 6.39. The number of aromatic nitrogens is 3. The first-order valence-corrected chi connectivity index (χ1v) is 10.7. The number of hydrogen-bond acceptors (Lipinski definition) is 5. The molecule has 0 unspecified atom stereocenters. The van der Waals surface area contributed by atoms with E-state index in [1.54, 1.807) is 23.1 Å². The lowest BCUT2D eigenvalue weighted by molar-refractivity contribution is 0.156. The van der Waals surface area contributed by atoms with Gasteiger partial charge in [-0.1, -0.05) is 19.1 Å². The zero-order valence-corrected chi connectivity index (χ0v) is 17.3. The summed E-state index contributed by atoms with van der Waals surface area (Å²) in [4.78, 5) is 17.8. The van der Waals surface area contributed by atoms with Gasteiger partial charge in [-0.25, -0.2) is 9.48 Å². The molecule has 0 radical (unpaired) electrons. The summed E-state index contributed by atoms with van der Waals surface area (Å²) in [5, 5.41) is 13.9. The predicted molar refractivity (Wildman–Crippen MR) is 115 cm³/mol. The molecule has 1 saturated heterocycles. The van der Waals surface area contributed by atoms with Gasteiger partial charge in [-0.05, 0) is 50.5 Å². The zero-order valence-electron chi connectivity index (χ0n) is 17.3. The summed E-state index contributed by atoms with van der Waals surface area (Å²) in [7, 11) is 0. The molecule has 1 aliphatic heterocycles. The number of rotatable bonds is 5. The van der Waals surface area contributed by atoms with Gasteiger partial charge in [-0.3, -0.25) is 9.47 Å². The largest absolute Gasteiger partial charge is 0.508 e. The minimum absolute atomic E-state index is 0.00683. The fraction of sp³-hybridized carbons (Fsp3) is 0.545. The maximum Gasteiger partial charge on any atom is 0.346 e. The van der Waals surface area contributed by atoms with E-state index in [-0.39, 0.29) is 23.8 Å². The lowest BCUT2D eigenvalue weighted by Crippen LogP contribution is -2.53. The minimum atomic E-state index is 0.00683. The summed E-state index contributed by atoms with van der Waals surface area (Å²) in [6.45, 7) is 7.88. The average Bonchev–Trinajstić information content (AvgIpc) is 3.15. The number of benzene rings is 1. The van der Waals surface area contributed by atoms with E-state index in [2.05, 4.69) is 34.0 Å². The van der Waals surface area contributed by atoms with E-state index in [0.29, 0.717) is 5.75 Å². The first-order valence-electron chi connectivity index (χ1n) is 10.7. The predicted octanol–water partition coefficient (Wildman–Crippen LogP) is 2.80. The van der Waals surface area contributed by atoms with Crippen molar-refractivity contribution >= 4 is 5.69 Å². The van der Waals surface area contributed by atoms with E-state index < -0.39 is 0 Å². The number of phenolic OH excluding ortho intramolecular Hbond substituents is 1. The Kier molecular flexibility index (Phi) is 5.76. The maximum absolute atomic E-state index is 13.0. The van der Waals surface area contributed by atoms with Gasteiger partial charge in [0, 0.05) is 37.9 Å². The first kappa shape index (κ1) is 19.8. The fourth-order valence-corrected chi connectivity index (χ4v) is 4.44. The zero-order chi connectivity index (χ0) is 20.4. The molecule has 0 amide bonds. The van der Waals surface area contributed by atoms with Crippen molar-refractivity contribution in [2.24, 2.45) is 0 Å². The van der Waals surface area contributed by atoms with E-state index in [1.807, 2.05) is 23.6 Å². The minimum Gasteiger partial charge on any atom is -0.508 e. The van der Waals surface area contributed by atoms with Gasteiger partial charge in [-0.2, -0.15) is 5.10 Å². The SMILES string of the molecule is CC[C@H](C)n1ncn([C@H]2CCC=C[C@@H]2N2CCN(c3ccc(O)cc3)CC2)c1=O. The number of piperazine rings is 1. The Morgan fingerprint density at radius 1 is 1.17 bits per heavy atom. The highest BCUT2D eigenvalue weighted by molar-refractivity contribution is 5.49. The monoisotopic (exact) mass is 397 g/mol. The van der Waals surface area contributed by atoms with Crippen molar-refractivity contribution in [3.8, 4) is 5.75 Å². The maximum atomic E-state index is 13.0. The van der Waals surface area contributed by atoms with Crippen LogP contribution >= 0.6 is 0 Å². The molecule has 29 heavy (non-hydrogen) atoms. The van der Waals surface area contributed by atoms with Crippen LogP contribution in [-0.2, 0) is 0 Å². The van der Waals surface area contributed by atoms with Crippen LogP contribution < -0.4 is 10.6 Å². The van der Waals surface area contributed by atoms with Crippen LogP contribution in [0, 0.1) is 0 Å². The molecule has 156 valence electrons. The number of aromatic hydroxyl groups is 1. The van der Waals surface area contributed by atoms with Crippen LogP contribution in [0.3, 0.4) is 0 Å². The van der Waals surface area contributed by atoms with E-state index in [9.17, 15) is 9.90 Å². The fourth-order valence-electron chi connectivity index (χ4n) is 4.44. The Hall–Kier alpha value is -2.54. The van der Waals surface area contributed by atoms with Crippen molar-refractivity contribution in [3.05, 3.63) is 53.2 Å². The Morgan fingerprint density at radius 2 is 1.90 bits per heavy atom. The van der Waals surface area contributed by atoms with Crippen LogP contribution in [0.25, 0.3) is 0 Å². The van der Waals surface area contributed by atoms with Crippen LogP contribution in [0.15, 0.2) is 47.5 Å². The molecule has 7 heteroatoms. The quantitative estimate of drug-likeness (QED) is 0.786. The highest BCUT2D eigenvalue weighted by Crippen LogP contribution is 2.29. The van der Waals surface area contributed by atoms with Gasteiger partial charge < -0.3 is 10.0 Å². The second-order valence-corrected chi connectivity index (χ2v) is 8.13. The van der Waals surface area contributed by atoms with Crippen LogP contribution in [0.4, 0.5) is 5.69 Å². The molecule has 4 rings (SSSR count). The molecule has 7 nitrogen and oxygen atoms in total. The van der Waals surface area contributed by atoms with Gasteiger partial charge in [-0.15, -0.1) is 0 Å². The number of allylic oxidation sites excluding steroid dienone is 1. The van der Waals surface area contributed by atoms with Crippen LogP contribution in [0.5, 0.6) is 5.75 Å². The van der Waals surface area contributed by atoms with E-state index in [0.717, 1.165) is 51.1 Å². The van der Waals surface area contributed by atoms with Gasteiger partial charge in [0.25, 0.3) is 0 Å². The van der Waals surface area contributed by atoms with Gasteiger partial charge >= 0.3 is 5.69 Å². The van der Waals surface area contributed by atoms with Crippen molar-refractivity contribution < 1.29 is 5.11 Å². The molecule has 0 bridgehead atoms. The summed E-state index contributed by atoms with van der Waals surface area (Å²) in [5.41, 5.74) is 1.15. The van der Waals surface area contributed by atoms with E-state index >= 15 is 0 Å². The Morgan fingerprint density at radius 3 is 2.59 bits per heavy atom. The van der Waals surface area contributed by atoms with Gasteiger partial charge in [0.1, 0.15) is 12.1 Å². The van der Waals surface area contributed by atoms with Gasteiger partial charge in [0.05, 0.1) is 12.1 Å². The van der Waals surface area contributed by atoms with Crippen LogP contribution in [0.1, 0.15) is 45.2 Å². The summed E-state index contributed by atoms with van der Waals surface area (Å²) < 4.78 is 3.48. The van der Waals surface area contributed by atoms with Crippen LogP contribution in [0.2, 0.25) is 0 Å². The molecule has 0 spiro atoms. The highest BCUT2D eigenvalue weighted by atomic mass is 16.3. The topological polar surface area (TPSA) is 66.5 Å². The third-order valence-electron chi connectivity index (χ3n) is 6.39. The molecule has 1 aromatic heterocycles. The molecule has 1 N–H and O–H groups in total. The summed E-state index contributed by atoms with van der Waals surface area (Å²) >= 11 is 0. The van der Waals surface area contributed by atoms with Crippen molar-refractivity contribution in [1.82, 2.24) is 19.2 Å². The Balaban J connectivity index is 1.48. The molecule has 2 aromatic rings. The number of phenols is 1. The van der Waals surface area contributed by atoms with E-state index in [4.69, 9.17) is 0 Å². The summed E-state index contributed by atoms with van der Waals surface area (Å²) in [5.74, 6) is 0.297. The van der Waals surface area contributed by atoms with Crippen molar-refractivity contribution in [2.75, 3.05) is 31.1 Å². The van der Waals surface area contributed by atoms with Crippen molar-refractivity contribution in [2.45, 2.75) is 51.2 Å². The molecule has 1 aromatic carbocycles. The third kappa shape index (κ3) is 3.96. The normalized spacial score (nSPS) is 24.0. The summed E-state index contributed by atoms with van der Waals surface area (Å²) in [6.07, 6.45) is 9.11. The molecule has 1 aliphatic carbocycles. The lowest BCUT2D eigenvalue weighted by Gasteiger charge is -2.43. The smallest absolute Gasteiger partial charge is 0.346 e. The summed E-state index contributed by atoms with van der Waals surface area (Å²) in [6, 6.07) is 7.89. The van der Waals surface area contributed by atoms with Crippen molar-refractivity contribution in [1.29, 1.82) is 0 Å². The average molecular weight is 398 g/mol. The second-order valence-electron chi connectivity index (χ2n) is 8.13. The highest BCUT2D eigenvalue weighted by Gasteiger charge is 2.32. The molecule has 3 atom stereocenters. The van der Waals surface area contributed by atoms with E-state index in [1.165, 1.54) is 0 Å². The number of hydrogen-bond donors (Lipinski definition) is 1. The molecule has 0 saturated carbocycles. The molecule has 2 heterocycles. The van der Waals surface area contributed by atoms with Gasteiger partial charge in [0.15, 0.2) is 0 Å². The molecule has 2 aliphatic rings. The van der Waals surface area contributed by atoms with Crippen LogP contribution in [-0.4, -0.2) is 56.6 Å². The Bertz CT molecular complexity index is 893. The lowest BCUT2D eigenvalue weighted by atomic mass is 9.94. The molecular formula is C22H31N5O2. The number of anilines is 1. The Labute approximate surface area is 171 Å². The molecule has 1 fully saturated rings. The van der Waals surface area contributed by atoms with Gasteiger partial charge in [0.2, 0.25) is 0 Å². The standard InChI is InChI=1S/C22H31N5O2/c1-3-17(2)27-22(29)26(16-23-27)21-7-5-4-6-20(21)25-14-12-24(13-15-25)18-8-10-19(28)11-9-18/h4,6,8-11,16-17,20-21,28H,3,5,7,12-15H2,1-2H3/t17-,20-,21-/m0/s1. The van der Waals surface area contributed by atoms with Crippen molar-refractivity contribution in [3.63, 3.8) is 0 Å². The second kappa shape index (κ2) is 8.45. The first-order chi connectivity index (χ1) is 14.1.